The zero-order valence-corrected chi connectivity index (χ0v) is 9.53. The molecule has 7 nitrogen and oxygen atoms in total. The lowest BCUT2D eigenvalue weighted by molar-refractivity contribution is -0.384. The van der Waals surface area contributed by atoms with Crippen molar-refractivity contribution in [3.05, 3.63) is 51.3 Å². The maximum Gasteiger partial charge on any atom is 0.356 e. The lowest BCUT2D eigenvalue weighted by Gasteiger charge is -2.02. The van der Waals surface area contributed by atoms with Gasteiger partial charge in [0, 0.05) is 17.3 Å². The van der Waals surface area contributed by atoms with Gasteiger partial charge >= 0.3 is 5.97 Å². The molecule has 0 aliphatic rings. The fourth-order valence-electron chi connectivity index (χ4n) is 1.41. The molecule has 1 N–H and O–H groups in total. The molecule has 0 saturated heterocycles. The predicted octanol–water partition coefficient (Wildman–Crippen LogP) is 2.13. The number of halogens is 1. The molecule has 92 valence electrons. The summed E-state index contributed by atoms with van der Waals surface area (Å²) < 4.78 is 1.12. The largest absolute Gasteiger partial charge is 0.476 e. The van der Waals surface area contributed by atoms with Crippen molar-refractivity contribution < 1.29 is 14.8 Å². The Morgan fingerprint density at radius 2 is 2.17 bits per heavy atom. The Kier molecular flexibility index (Phi) is 2.99. The number of carboxylic acid groups (broad SMARTS) is 1. The van der Waals surface area contributed by atoms with Crippen molar-refractivity contribution in [3.8, 4) is 5.69 Å². The minimum absolute atomic E-state index is 0.150. The first-order valence-electron chi connectivity index (χ1n) is 4.72. The Labute approximate surface area is 105 Å². The highest BCUT2D eigenvalue weighted by Crippen LogP contribution is 2.26. The summed E-state index contributed by atoms with van der Waals surface area (Å²) in [6, 6.07) is 5.30. The second-order valence-corrected chi connectivity index (χ2v) is 3.78. The summed E-state index contributed by atoms with van der Waals surface area (Å²) in [5.41, 5.74) is -0.293. The number of carboxylic acids is 1. The first kappa shape index (κ1) is 12.1. The fraction of sp³-hybridized carbons (Fsp3) is 0. The van der Waals surface area contributed by atoms with Crippen LogP contribution in [0.5, 0.6) is 0 Å². The molecule has 0 bridgehead atoms. The number of nitro groups is 1. The molecule has 0 fully saturated rings. The summed E-state index contributed by atoms with van der Waals surface area (Å²) in [5.74, 6) is -1.20. The van der Waals surface area contributed by atoms with Gasteiger partial charge in [-0.05, 0) is 18.2 Å². The third kappa shape index (κ3) is 2.16. The predicted molar refractivity (Wildman–Crippen MR) is 62.2 cm³/mol. The molecule has 2 aromatic rings. The number of aromatic carboxylic acids is 1. The van der Waals surface area contributed by atoms with Crippen molar-refractivity contribution in [2.75, 3.05) is 0 Å². The van der Waals surface area contributed by atoms with Crippen LogP contribution in [0.4, 0.5) is 5.69 Å². The van der Waals surface area contributed by atoms with Crippen molar-refractivity contribution >= 4 is 23.3 Å². The number of carbonyl (C=O) groups is 1. The van der Waals surface area contributed by atoms with Gasteiger partial charge in [-0.3, -0.25) is 10.1 Å². The van der Waals surface area contributed by atoms with Gasteiger partial charge in [-0.2, -0.15) is 5.10 Å². The Balaban J connectivity index is 2.55. The lowest BCUT2D eigenvalue weighted by Crippen LogP contribution is -2.03. The van der Waals surface area contributed by atoms with Crippen LogP contribution in [-0.4, -0.2) is 25.8 Å². The Hall–Kier alpha value is -2.41. The van der Waals surface area contributed by atoms with Crippen LogP contribution >= 0.6 is 11.6 Å². The van der Waals surface area contributed by atoms with Crippen LogP contribution in [0.2, 0.25) is 5.02 Å². The highest BCUT2D eigenvalue weighted by atomic mass is 35.5. The van der Waals surface area contributed by atoms with Crippen LogP contribution in [0.25, 0.3) is 5.69 Å². The molecule has 1 heterocycles. The van der Waals surface area contributed by atoms with Gasteiger partial charge in [0.2, 0.25) is 0 Å². The average molecular weight is 268 g/mol. The molecule has 8 heteroatoms. The second kappa shape index (κ2) is 4.46. The maximum absolute atomic E-state index is 10.9. The molecule has 0 atom stereocenters. The summed E-state index contributed by atoms with van der Waals surface area (Å²) in [7, 11) is 0. The van der Waals surface area contributed by atoms with Gasteiger partial charge in [-0.15, -0.1) is 0 Å². The fourth-order valence-corrected chi connectivity index (χ4v) is 1.58. The number of nitrogens with zero attached hydrogens (tertiary/aromatic N) is 3. The molecule has 0 spiro atoms. The molecule has 0 radical (unpaired) electrons. The number of nitro benzene ring substituents is 1. The van der Waals surface area contributed by atoms with Gasteiger partial charge in [0.25, 0.3) is 5.69 Å². The summed E-state index contributed by atoms with van der Waals surface area (Å²) in [6.07, 6.45) is 1.33. The van der Waals surface area contributed by atoms with E-state index in [2.05, 4.69) is 5.10 Å². The van der Waals surface area contributed by atoms with Crippen molar-refractivity contribution in [2.24, 2.45) is 0 Å². The van der Waals surface area contributed by atoms with E-state index in [1.165, 1.54) is 30.5 Å². The monoisotopic (exact) mass is 267 g/mol. The molecule has 2 rings (SSSR count). The van der Waals surface area contributed by atoms with E-state index in [0.717, 1.165) is 4.68 Å². The molecule has 1 aromatic heterocycles. The van der Waals surface area contributed by atoms with Gasteiger partial charge < -0.3 is 5.11 Å². The van der Waals surface area contributed by atoms with E-state index in [9.17, 15) is 14.9 Å². The minimum atomic E-state index is -1.20. The average Bonchev–Trinajstić information content (AvgIpc) is 2.78. The zero-order chi connectivity index (χ0) is 13.3. The van der Waals surface area contributed by atoms with Crippen LogP contribution in [-0.2, 0) is 0 Å². The van der Waals surface area contributed by atoms with E-state index in [1.54, 1.807) is 0 Å². The molecule has 0 aliphatic heterocycles. The Morgan fingerprint density at radius 3 is 2.72 bits per heavy atom. The van der Waals surface area contributed by atoms with E-state index < -0.39 is 10.9 Å². The first-order valence-corrected chi connectivity index (χ1v) is 5.10. The molecule has 0 aliphatic carbocycles. The highest BCUT2D eigenvalue weighted by molar-refractivity contribution is 6.30. The highest BCUT2D eigenvalue weighted by Gasteiger charge is 2.17. The molecule has 1 aromatic carbocycles. The number of hydrogen-bond acceptors (Lipinski definition) is 4. The number of hydrogen-bond donors (Lipinski definition) is 1. The molecule has 0 amide bonds. The number of rotatable bonds is 3. The minimum Gasteiger partial charge on any atom is -0.476 e. The van der Waals surface area contributed by atoms with E-state index in [0.29, 0.717) is 0 Å². The molecule has 18 heavy (non-hydrogen) atoms. The molecule has 0 saturated carbocycles. The van der Waals surface area contributed by atoms with Crippen LogP contribution in [0.1, 0.15) is 10.5 Å². The van der Waals surface area contributed by atoms with Crippen molar-refractivity contribution in [1.29, 1.82) is 0 Å². The van der Waals surface area contributed by atoms with Crippen LogP contribution in [0.3, 0.4) is 0 Å². The van der Waals surface area contributed by atoms with E-state index >= 15 is 0 Å². The van der Waals surface area contributed by atoms with E-state index in [-0.39, 0.29) is 22.1 Å². The van der Waals surface area contributed by atoms with Gasteiger partial charge in [0.15, 0.2) is 5.69 Å². The van der Waals surface area contributed by atoms with Gasteiger partial charge in [0.05, 0.1) is 4.92 Å². The summed E-state index contributed by atoms with van der Waals surface area (Å²) >= 11 is 5.68. The topological polar surface area (TPSA) is 98.3 Å². The Bertz CT molecular complexity index is 638. The SMILES string of the molecule is O=C(O)c1ccn(-c2ccc(Cl)cc2[N+](=O)[O-])n1. The third-order valence-corrected chi connectivity index (χ3v) is 2.42. The van der Waals surface area contributed by atoms with Crippen LogP contribution in [0, 0.1) is 10.1 Å². The second-order valence-electron chi connectivity index (χ2n) is 3.34. The van der Waals surface area contributed by atoms with Crippen LogP contribution < -0.4 is 0 Å². The maximum atomic E-state index is 10.9. The van der Waals surface area contributed by atoms with E-state index in [4.69, 9.17) is 16.7 Å². The lowest BCUT2D eigenvalue weighted by atomic mass is 10.3. The third-order valence-electron chi connectivity index (χ3n) is 2.19. The standard InChI is InChI=1S/C10H6ClN3O4/c11-6-1-2-8(9(5-6)14(17)18)13-4-3-7(12-13)10(15)16/h1-5H,(H,15,16). The van der Waals surface area contributed by atoms with E-state index in [1.807, 2.05) is 0 Å². The number of benzene rings is 1. The van der Waals surface area contributed by atoms with Gasteiger partial charge in [0.1, 0.15) is 5.69 Å². The van der Waals surface area contributed by atoms with Crippen molar-refractivity contribution in [2.45, 2.75) is 0 Å². The van der Waals surface area contributed by atoms with Crippen molar-refractivity contribution in [3.63, 3.8) is 0 Å². The zero-order valence-electron chi connectivity index (χ0n) is 8.78. The first-order chi connectivity index (χ1) is 8.49. The van der Waals surface area contributed by atoms with Crippen LogP contribution in [0.15, 0.2) is 30.5 Å². The molecular weight excluding hydrogens is 262 g/mol. The normalized spacial score (nSPS) is 10.3. The summed E-state index contributed by atoms with van der Waals surface area (Å²) in [5, 5.41) is 23.6. The molecule has 0 unspecified atom stereocenters. The number of aromatic nitrogens is 2. The quantitative estimate of drug-likeness (QED) is 0.678. The smallest absolute Gasteiger partial charge is 0.356 e. The van der Waals surface area contributed by atoms with Crippen molar-refractivity contribution in [1.82, 2.24) is 9.78 Å². The summed E-state index contributed by atoms with van der Waals surface area (Å²) in [4.78, 5) is 21.0. The Morgan fingerprint density at radius 1 is 1.44 bits per heavy atom. The summed E-state index contributed by atoms with van der Waals surface area (Å²) in [6.45, 7) is 0. The van der Waals surface area contributed by atoms with Gasteiger partial charge in [-0.25, -0.2) is 9.48 Å². The van der Waals surface area contributed by atoms with Gasteiger partial charge in [-0.1, -0.05) is 11.6 Å². The molecular formula is C10H6ClN3O4.